The zero-order valence-corrected chi connectivity index (χ0v) is 17.0. The summed E-state index contributed by atoms with van der Waals surface area (Å²) in [6.45, 7) is 10.4. The average Bonchev–Trinajstić information content (AvgIpc) is 3.10. The largest absolute Gasteiger partial charge is 0.452 e. The van der Waals surface area contributed by atoms with Crippen molar-refractivity contribution in [1.82, 2.24) is 5.16 Å². The molecule has 0 aromatic carbocycles. The quantitative estimate of drug-likeness (QED) is 0.753. The highest BCUT2D eigenvalue weighted by Crippen LogP contribution is 2.33. The molecule has 0 aliphatic rings. The molecule has 2 rings (SSSR count). The number of esters is 1. The number of carbonyl (C=O) groups excluding carboxylic acids is 3. The molecule has 27 heavy (non-hydrogen) atoms. The number of carbonyl (C=O) groups is 3. The molecule has 0 bridgehead atoms. The molecule has 2 N–H and O–H groups in total. The van der Waals surface area contributed by atoms with E-state index in [4.69, 9.17) is 9.26 Å². The lowest BCUT2D eigenvalue weighted by Gasteiger charge is -2.12. The first-order valence-corrected chi connectivity index (χ1v) is 9.12. The predicted molar refractivity (Wildman–Crippen MR) is 102 cm³/mol. The van der Waals surface area contributed by atoms with E-state index >= 15 is 0 Å². The number of rotatable bonds is 5. The van der Waals surface area contributed by atoms with E-state index in [1.807, 2.05) is 27.7 Å². The standard InChI is InChI=1S/C18H23N3O5S/c1-9-10(2)27-16(19-11(3)22)15(9)17(24)25-8-13(23)20-14-7-12(21-26-14)18(4,5)6/h7H,8H2,1-6H3,(H,19,22)(H,20,23). The summed E-state index contributed by atoms with van der Waals surface area (Å²) in [6.07, 6.45) is 0. The maximum Gasteiger partial charge on any atom is 0.341 e. The first-order valence-electron chi connectivity index (χ1n) is 8.30. The van der Waals surface area contributed by atoms with Gasteiger partial charge < -0.3 is 14.6 Å². The van der Waals surface area contributed by atoms with Crippen LogP contribution in [-0.4, -0.2) is 29.5 Å². The van der Waals surface area contributed by atoms with E-state index in [9.17, 15) is 14.4 Å². The number of thiophene rings is 1. The molecule has 0 unspecified atom stereocenters. The zero-order chi connectivity index (χ0) is 20.4. The molecular weight excluding hydrogens is 370 g/mol. The van der Waals surface area contributed by atoms with Crippen molar-refractivity contribution < 1.29 is 23.6 Å². The molecule has 0 fully saturated rings. The molecule has 0 spiro atoms. The van der Waals surface area contributed by atoms with Crippen LogP contribution in [0, 0.1) is 13.8 Å². The second-order valence-corrected chi connectivity index (χ2v) is 8.34. The van der Waals surface area contributed by atoms with Crippen molar-refractivity contribution in [2.75, 3.05) is 17.2 Å². The Hall–Kier alpha value is -2.68. The van der Waals surface area contributed by atoms with Crippen molar-refractivity contribution in [3.05, 3.63) is 27.8 Å². The van der Waals surface area contributed by atoms with Crippen molar-refractivity contribution in [3.63, 3.8) is 0 Å². The number of nitrogens with one attached hydrogen (secondary N) is 2. The Morgan fingerprint density at radius 1 is 1.22 bits per heavy atom. The number of aryl methyl sites for hydroxylation is 1. The van der Waals surface area contributed by atoms with Crippen LogP contribution in [0.2, 0.25) is 0 Å². The molecule has 146 valence electrons. The van der Waals surface area contributed by atoms with E-state index in [1.54, 1.807) is 13.0 Å². The van der Waals surface area contributed by atoms with Crippen molar-refractivity contribution in [1.29, 1.82) is 0 Å². The van der Waals surface area contributed by atoms with Gasteiger partial charge in [0.25, 0.3) is 5.91 Å². The van der Waals surface area contributed by atoms with Gasteiger partial charge in [0.1, 0.15) is 5.00 Å². The Balaban J connectivity index is 2.00. The van der Waals surface area contributed by atoms with Gasteiger partial charge in [0.2, 0.25) is 11.8 Å². The van der Waals surface area contributed by atoms with Gasteiger partial charge in [-0.2, -0.15) is 0 Å². The minimum atomic E-state index is -0.677. The van der Waals surface area contributed by atoms with Crippen LogP contribution in [0.4, 0.5) is 10.9 Å². The van der Waals surface area contributed by atoms with Gasteiger partial charge in [0.15, 0.2) is 6.61 Å². The van der Waals surface area contributed by atoms with Crippen LogP contribution in [0.25, 0.3) is 0 Å². The number of hydrogen-bond donors (Lipinski definition) is 2. The van der Waals surface area contributed by atoms with Gasteiger partial charge in [-0.1, -0.05) is 25.9 Å². The van der Waals surface area contributed by atoms with Crippen LogP contribution in [-0.2, 0) is 19.7 Å². The SMILES string of the molecule is CC(=O)Nc1sc(C)c(C)c1C(=O)OCC(=O)Nc1cc(C(C)(C)C)no1. The first kappa shape index (κ1) is 20.6. The normalized spacial score (nSPS) is 11.2. The molecule has 2 aromatic rings. The highest BCUT2D eigenvalue weighted by Gasteiger charge is 2.23. The molecule has 8 nitrogen and oxygen atoms in total. The molecule has 2 aromatic heterocycles. The Labute approximate surface area is 161 Å². The minimum Gasteiger partial charge on any atom is -0.452 e. The summed E-state index contributed by atoms with van der Waals surface area (Å²) >= 11 is 1.28. The van der Waals surface area contributed by atoms with Gasteiger partial charge in [-0.15, -0.1) is 11.3 Å². The fourth-order valence-electron chi connectivity index (χ4n) is 2.19. The number of amides is 2. The van der Waals surface area contributed by atoms with E-state index in [-0.39, 0.29) is 22.8 Å². The Kier molecular flexibility index (Phi) is 6.04. The monoisotopic (exact) mass is 393 g/mol. The predicted octanol–water partition coefficient (Wildman–Crippen LogP) is 3.40. The number of nitrogens with zero attached hydrogens (tertiary/aromatic N) is 1. The van der Waals surface area contributed by atoms with Crippen LogP contribution in [0.3, 0.4) is 0 Å². The molecule has 0 atom stereocenters. The molecule has 0 saturated heterocycles. The van der Waals surface area contributed by atoms with Crippen LogP contribution in [0.5, 0.6) is 0 Å². The van der Waals surface area contributed by atoms with Crippen LogP contribution >= 0.6 is 11.3 Å². The van der Waals surface area contributed by atoms with Crippen LogP contribution in [0.15, 0.2) is 10.6 Å². The van der Waals surface area contributed by atoms with Gasteiger partial charge in [-0.05, 0) is 19.4 Å². The second-order valence-electron chi connectivity index (χ2n) is 7.12. The maximum absolute atomic E-state index is 12.4. The highest BCUT2D eigenvalue weighted by molar-refractivity contribution is 7.16. The van der Waals surface area contributed by atoms with Gasteiger partial charge in [-0.3, -0.25) is 14.9 Å². The van der Waals surface area contributed by atoms with Crippen molar-refractivity contribution in [2.24, 2.45) is 0 Å². The van der Waals surface area contributed by atoms with E-state index in [0.717, 1.165) is 4.88 Å². The molecule has 2 heterocycles. The van der Waals surface area contributed by atoms with Crippen molar-refractivity contribution in [3.8, 4) is 0 Å². The first-order chi connectivity index (χ1) is 12.5. The fraction of sp³-hybridized carbons (Fsp3) is 0.444. The van der Waals surface area contributed by atoms with Gasteiger partial charge in [-0.25, -0.2) is 4.79 Å². The average molecular weight is 393 g/mol. The third-order valence-corrected chi connectivity index (χ3v) is 4.88. The molecule has 0 saturated carbocycles. The lowest BCUT2D eigenvalue weighted by molar-refractivity contribution is -0.119. The lowest BCUT2D eigenvalue weighted by atomic mass is 9.92. The Bertz CT molecular complexity index is 876. The number of anilines is 2. The molecule has 9 heteroatoms. The van der Waals surface area contributed by atoms with Gasteiger partial charge >= 0.3 is 5.97 Å². The third-order valence-electron chi connectivity index (χ3n) is 3.75. The lowest BCUT2D eigenvalue weighted by Crippen LogP contribution is -2.21. The summed E-state index contributed by atoms with van der Waals surface area (Å²) in [6, 6.07) is 1.63. The summed E-state index contributed by atoms with van der Waals surface area (Å²) in [5.41, 5.74) is 1.45. The van der Waals surface area contributed by atoms with E-state index in [0.29, 0.717) is 16.3 Å². The number of hydrogen-bond acceptors (Lipinski definition) is 7. The summed E-state index contributed by atoms with van der Waals surface area (Å²) < 4.78 is 10.2. The number of ether oxygens (including phenoxy) is 1. The molecular formula is C18H23N3O5S. The Morgan fingerprint density at radius 3 is 2.44 bits per heavy atom. The molecule has 0 aliphatic heterocycles. The fourth-order valence-corrected chi connectivity index (χ4v) is 3.28. The molecule has 0 radical (unpaired) electrons. The summed E-state index contributed by atoms with van der Waals surface area (Å²) in [5.74, 6) is -1.33. The molecule has 2 amide bonds. The topological polar surface area (TPSA) is 111 Å². The van der Waals surface area contributed by atoms with Crippen LogP contribution in [0.1, 0.15) is 54.2 Å². The summed E-state index contributed by atoms with van der Waals surface area (Å²) in [5, 5.41) is 9.42. The van der Waals surface area contributed by atoms with Crippen LogP contribution < -0.4 is 10.6 Å². The smallest absolute Gasteiger partial charge is 0.341 e. The Morgan fingerprint density at radius 2 is 1.89 bits per heavy atom. The van der Waals surface area contributed by atoms with Crippen molar-refractivity contribution >= 4 is 40.0 Å². The number of aromatic nitrogens is 1. The summed E-state index contributed by atoms with van der Waals surface area (Å²) in [7, 11) is 0. The highest BCUT2D eigenvalue weighted by atomic mass is 32.1. The maximum atomic E-state index is 12.4. The van der Waals surface area contributed by atoms with E-state index < -0.39 is 18.5 Å². The minimum absolute atomic E-state index is 0.183. The van der Waals surface area contributed by atoms with E-state index in [2.05, 4.69) is 15.8 Å². The van der Waals surface area contributed by atoms with Gasteiger partial charge in [0.05, 0.1) is 11.3 Å². The summed E-state index contributed by atoms with van der Waals surface area (Å²) in [4.78, 5) is 36.6. The second kappa shape index (κ2) is 7.91. The zero-order valence-electron chi connectivity index (χ0n) is 16.2. The third kappa shape index (κ3) is 5.16. The molecule has 0 aliphatic carbocycles. The van der Waals surface area contributed by atoms with E-state index in [1.165, 1.54) is 18.3 Å². The van der Waals surface area contributed by atoms with Crippen molar-refractivity contribution in [2.45, 2.75) is 47.0 Å². The van der Waals surface area contributed by atoms with Gasteiger partial charge in [0, 0.05) is 23.3 Å².